The van der Waals surface area contributed by atoms with Crippen molar-refractivity contribution in [2.45, 2.75) is 70.8 Å². The van der Waals surface area contributed by atoms with Gasteiger partial charge in [-0.3, -0.25) is 9.97 Å². The minimum Gasteiger partial charge on any atom is -0.389 e. The molecule has 0 aliphatic heterocycles. The first kappa shape index (κ1) is 19.7. The Hall–Kier alpha value is -2.00. The second-order valence-corrected chi connectivity index (χ2v) is 11.2. The summed E-state index contributed by atoms with van der Waals surface area (Å²) in [6.07, 6.45) is 14.9. The highest BCUT2D eigenvalue weighted by Gasteiger charge is 2.63. The number of fused-ring (bicyclic) bond motifs is 7. The van der Waals surface area contributed by atoms with Gasteiger partial charge in [-0.05, 0) is 103 Å². The van der Waals surface area contributed by atoms with Crippen LogP contribution in [-0.4, -0.2) is 20.7 Å². The Morgan fingerprint density at radius 2 is 1.81 bits per heavy atom. The molecule has 0 aromatic carbocycles. The Morgan fingerprint density at radius 1 is 0.968 bits per heavy atom. The maximum atomic E-state index is 12.0. The van der Waals surface area contributed by atoms with Crippen molar-refractivity contribution >= 4 is 5.57 Å². The van der Waals surface area contributed by atoms with Crippen molar-refractivity contribution in [3.8, 4) is 0 Å². The third-order valence-electron chi connectivity index (χ3n) is 10.0. The van der Waals surface area contributed by atoms with Gasteiger partial charge in [0, 0.05) is 30.2 Å². The fraction of sp³-hybridized carbons (Fsp3) is 0.571. The molecule has 2 heterocycles. The zero-order chi connectivity index (χ0) is 21.3. The quantitative estimate of drug-likeness (QED) is 0.692. The topological polar surface area (TPSA) is 46.0 Å². The molecular formula is C28H34N2O. The SMILES string of the molecule is C[C@]12CCc3ncccc3C1=CC[C@@H]1[C@@H]2CC[C@@]2(C)[C@H]1CC[C@@]2(O)Cc1ccccn1. The van der Waals surface area contributed by atoms with Gasteiger partial charge in [0.2, 0.25) is 0 Å². The van der Waals surface area contributed by atoms with Gasteiger partial charge in [0.25, 0.3) is 0 Å². The van der Waals surface area contributed by atoms with Crippen molar-refractivity contribution in [1.82, 2.24) is 9.97 Å². The smallest absolute Gasteiger partial charge is 0.0759 e. The molecule has 2 aromatic heterocycles. The van der Waals surface area contributed by atoms with E-state index in [1.807, 2.05) is 24.5 Å². The van der Waals surface area contributed by atoms with Crippen molar-refractivity contribution in [1.29, 1.82) is 0 Å². The van der Waals surface area contributed by atoms with E-state index in [4.69, 9.17) is 0 Å². The molecule has 0 unspecified atom stereocenters. The van der Waals surface area contributed by atoms with Crippen LogP contribution in [0.2, 0.25) is 0 Å². The molecule has 0 radical (unpaired) electrons. The number of pyridine rings is 2. The molecule has 3 nitrogen and oxygen atoms in total. The number of nitrogens with zero attached hydrogens (tertiary/aromatic N) is 2. The molecule has 3 heteroatoms. The fourth-order valence-corrected chi connectivity index (χ4v) is 8.30. The lowest BCUT2D eigenvalue weighted by Crippen LogP contribution is -2.55. The predicted molar refractivity (Wildman–Crippen MR) is 123 cm³/mol. The third kappa shape index (κ3) is 2.68. The monoisotopic (exact) mass is 414 g/mol. The van der Waals surface area contributed by atoms with Gasteiger partial charge < -0.3 is 5.11 Å². The number of aromatic nitrogens is 2. The summed E-state index contributed by atoms with van der Waals surface area (Å²) in [5.74, 6) is 2.00. The van der Waals surface area contributed by atoms with Gasteiger partial charge >= 0.3 is 0 Å². The van der Waals surface area contributed by atoms with E-state index >= 15 is 0 Å². The first-order valence-corrected chi connectivity index (χ1v) is 12.2. The van der Waals surface area contributed by atoms with E-state index in [0.29, 0.717) is 18.3 Å². The summed E-state index contributed by atoms with van der Waals surface area (Å²) >= 11 is 0. The van der Waals surface area contributed by atoms with Gasteiger partial charge in [-0.25, -0.2) is 0 Å². The molecule has 2 fully saturated rings. The minimum absolute atomic E-state index is 0.0124. The van der Waals surface area contributed by atoms with Crippen molar-refractivity contribution in [2.24, 2.45) is 28.6 Å². The van der Waals surface area contributed by atoms with Crippen LogP contribution >= 0.6 is 0 Å². The van der Waals surface area contributed by atoms with Crippen LogP contribution in [0.25, 0.3) is 5.57 Å². The summed E-state index contributed by atoms with van der Waals surface area (Å²) in [7, 11) is 0. The summed E-state index contributed by atoms with van der Waals surface area (Å²) < 4.78 is 0. The van der Waals surface area contributed by atoms with Crippen LogP contribution in [0.3, 0.4) is 0 Å². The van der Waals surface area contributed by atoms with E-state index in [0.717, 1.165) is 43.7 Å². The lowest BCUT2D eigenvalue weighted by atomic mass is 9.46. The van der Waals surface area contributed by atoms with Crippen molar-refractivity contribution in [3.05, 3.63) is 65.8 Å². The Kier molecular flexibility index (Phi) is 4.28. The molecule has 0 amide bonds. The molecule has 0 saturated heterocycles. The van der Waals surface area contributed by atoms with E-state index in [2.05, 4.69) is 48.1 Å². The summed E-state index contributed by atoms with van der Waals surface area (Å²) in [6.45, 7) is 4.93. The van der Waals surface area contributed by atoms with Gasteiger partial charge in [-0.2, -0.15) is 0 Å². The Balaban J connectivity index is 1.34. The lowest BCUT2D eigenvalue weighted by molar-refractivity contribution is -0.119. The third-order valence-corrected chi connectivity index (χ3v) is 10.0. The second kappa shape index (κ2) is 6.75. The minimum atomic E-state index is -0.634. The van der Waals surface area contributed by atoms with Crippen LogP contribution in [0.1, 0.15) is 69.3 Å². The molecule has 4 aliphatic carbocycles. The van der Waals surface area contributed by atoms with E-state index in [1.165, 1.54) is 24.1 Å². The summed E-state index contributed by atoms with van der Waals surface area (Å²) in [6, 6.07) is 10.5. The van der Waals surface area contributed by atoms with E-state index in [9.17, 15) is 5.11 Å². The van der Waals surface area contributed by atoms with Crippen molar-refractivity contribution in [2.75, 3.05) is 0 Å². The Bertz CT molecular complexity index is 1030. The molecule has 31 heavy (non-hydrogen) atoms. The second-order valence-electron chi connectivity index (χ2n) is 11.2. The predicted octanol–water partition coefficient (Wildman–Crippen LogP) is 5.63. The summed E-state index contributed by atoms with van der Waals surface area (Å²) in [5.41, 5.74) is 4.89. The largest absolute Gasteiger partial charge is 0.389 e. The standard InChI is InChI=1S/C28H34N2O/c1-26-13-12-25-21(7-5-17-30-25)22(26)9-8-20-23(26)10-14-27(2)24(20)11-15-28(27,31)18-19-6-3-4-16-29-19/h3-7,9,16-17,20,23-24,31H,8,10-15,18H2,1-2H3/t20-,23+,24+,26+,27+,28-/m1/s1. The molecule has 2 saturated carbocycles. The first-order chi connectivity index (χ1) is 14.9. The molecule has 6 rings (SSSR count). The number of allylic oxidation sites excluding steroid dienone is 2. The highest BCUT2D eigenvalue weighted by molar-refractivity contribution is 5.74. The molecule has 1 N–H and O–H groups in total. The van der Waals surface area contributed by atoms with Crippen LogP contribution in [0, 0.1) is 28.6 Å². The van der Waals surface area contributed by atoms with Gasteiger partial charge in [0.15, 0.2) is 0 Å². The number of aliphatic hydroxyl groups is 1. The van der Waals surface area contributed by atoms with Crippen LogP contribution in [0.4, 0.5) is 0 Å². The van der Waals surface area contributed by atoms with Crippen LogP contribution < -0.4 is 0 Å². The number of hydrogen-bond donors (Lipinski definition) is 1. The molecule has 4 aliphatic rings. The van der Waals surface area contributed by atoms with Crippen molar-refractivity contribution in [3.63, 3.8) is 0 Å². The molecule has 6 atom stereocenters. The van der Waals surface area contributed by atoms with Crippen LogP contribution in [0.15, 0.2) is 48.8 Å². The van der Waals surface area contributed by atoms with Gasteiger partial charge in [0.1, 0.15) is 0 Å². The maximum Gasteiger partial charge on any atom is 0.0759 e. The molecule has 0 spiro atoms. The molecule has 0 bridgehead atoms. The molecule has 2 aromatic rings. The van der Waals surface area contributed by atoms with E-state index < -0.39 is 5.60 Å². The molecule has 162 valence electrons. The van der Waals surface area contributed by atoms with Crippen molar-refractivity contribution < 1.29 is 5.11 Å². The normalized spacial score (nSPS) is 40.9. The first-order valence-electron chi connectivity index (χ1n) is 12.2. The van der Waals surface area contributed by atoms with E-state index in [-0.39, 0.29) is 10.8 Å². The number of hydrogen-bond acceptors (Lipinski definition) is 3. The fourth-order valence-electron chi connectivity index (χ4n) is 8.30. The Morgan fingerprint density at radius 3 is 2.65 bits per heavy atom. The zero-order valence-electron chi connectivity index (χ0n) is 18.8. The van der Waals surface area contributed by atoms with Gasteiger partial charge in [0.05, 0.1) is 5.60 Å². The van der Waals surface area contributed by atoms with Gasteiger partial charge in [-0.1, -0.05) is 32.1 Å². The number of aryl methyl sites for hydroxylation is 1. The summed E-state index contributed by atoms with van der Waals surface area (Å²) in [5, 5.41) is 12.0. The molecular weight excluding hydrogens is 380 g/mol. The number of rotatable bonds is 2. The lowest BCUT2D eigenvalue weighted by Gasteiger charge is -2.58. The Labute approximate surface area is 186 Å². The maximum absolute atomic E-state index is 12.0. The van der Waals surface area contributed by atoms with Gasteiger partial charge in [-0.15, -0.1) is 0 Å². The highest BCUT2D eigenvalue weighted by Crippen LogP contribution is 2.68. The van der Waals surface area contributed by atoms with Crippen LogP contribution in [0.5, 0.6) is 0 Å². The average molecular weight is 415 g/mol. The highest BCUT2D eigenvalue weighted by atomic mass is 16.3. The zero-order valence-corrected chi connectivity index (χ0v) is 18.8. The average Bonchev–Trinajstić information content (AvgIpc) is 3.04. The van der Waals surface area contributed by atoms with Crippen LogP contribution in [-0.2, 0) is 12.8 Å². The van der Waals surface area contributed by atoms with E-state index in [1.54, 1.807) is 5.57 Å². The summed E-state index contributed by atoms with van der Waals surface area (Å²) in [4.78, 5) is 9.24.